The van der Waals surface area contributed by atoms with Crippen LogP contribution in [0.1, 0.15) is 17.8 Å². The maximum Gasteiger partial charge on any atom is 0.379 e. The highest BCUT2D eigenvalue weighted by Gasteiger charge is 2.48. The summed E-state index contributed by atoms with van der Waals surface area (Å²) < 4.78 is 31.3. The Hall–Kier alpha value is -1.61. The standard InChI is InChI=1S/C9H10F2N2O4S/c1-2-17-8(14)9(10,11)7(12)5-3-4-6(18-5)13(15)16/h3-4,7H,2,12H2,1H3/t7-/m0/s1. The largest absolute Gasteiger partial charge is 0.462 e. The van der Waals surface area contributed by atoms with Crippen molar-refractivity contribution in [3.8, 4) is 0 Å². The molecule has 1 rings (SSSR count). The number of nitrogens with two attached hydrogens (primary N) is 1. The van der Waals surface area contributed by atoms with E-state index in [1.807, 2.05) is 0 Å². The Kier molecular flexibility index (Phi) is 4.30. The Morgan fingerprint density at radius 3 is 2.72 bits per heavy atom. The molecule has 0 aliphatic rings. The molecule has 6 nitrogen and oxygen atoms in total. The Morgan fingerprint density at radius 2 is 2.28 bits per heavy atom. The van der Waals surface area contributed by atoms with Gasteiger partial charge in [-0.1, -0.05) is 11.3 Å². The van der Waals surface area contributed by atoms with Gasteiger partial charge in [0.1, 0.15) is 6.04 Å². The summed E-state index contributed by atoms with van der Waals surface area (Å²) in [6, 6.07) is 0.192. The van der Waals surface area contributed by atoms with Crippen LogP contribution in [0.25, 0.3) is 0 Å². The predicted octanol–water partition coefficient (Wildman–Crippen LogP) is 1.85. The minimum absolute atomic E-state index is 0.153. The normalized spacial score (nSPS) is 13.1. The van der Waals surface area contributed by atoms with E-state index in [0.717, 1.165) is 12.1 Å². The first-order chi connectivity index (χ1) is 8.30. The maximum atomic E-state index is 13.5. The molecule has 1 atom stereocenters. The Labute approximate surface area is 104 Å². The summed E-state index contributed by atoms with van der Waals surface area (Å²) in [5.41, 5.74) is 5.25. The van der Waals surface area contributed by atoms with Crippen molar-refractivity contribution in [2.75, 3.05) is 6.61 Å². The molecule has 0 aliphatic carbocycles. The van der Waals surface area contributed by atoms with Crippen LogP contribution in [0, 0.1) is 10.1 Å². The minimum atomic E-state index is -3.92. The fraction of sp³-hybridized carbons (Fsp3) is 0.444. The van der Waals surface area contributed by atoms with Crippen LogP contribution in [0.2, 0.25) is 0 Å². The van der Waals surface area contributed by atoms with E-state index in [4.69, 9.17) is 5.73 Å². The number of carbonyl (C=O) groups excluding carboxylic acids is 1. The van der Waals surface area contributed by atoms with Crippen LogP contribution in [0.3, 0.4) is 0 Å². The lowest BCUT2D eigenvalue weighted by Gasteiger charge is -2.20. The van der Waals surface area contributed by atoms with E-state index in [1.165, 1.54) is 6.92 Å². The third kappa shape index (κ3) is 2.79. The van der Waals surface area contributed by atoms with Gasteiger partial charge in [-0.05, 0) is 13.0 Å². The summed E-state index contributed by atoms with van der Waals surface area (Å²) in [5, 5.41) is 10.1. The molecule has 0 aromatic carbocycles. The molecular weight excluding hydrogens is 270 g/mol. The molecular formula is C9H10F2N2O4S. The van der Waals surface area contributed by atoms with Crippen LogP contribution < -0.4 is 5.73 Å². The van der Waals surface area contributed by atoms with Crippen LogP contribution in [0.15, 0.2) is 12.1 Å². The summed E-state index contributed by atoms with van der Waals surface area (Å²) in [4.78, 5) is 20.6. The van der Waals surface area contributed by atoms with Crippen molar-refractivity contribution in [3.05, 3.63) is 27.1 Å². The highest BCUT2D eigenvalue weighted by molar-refractivity contribution is 7.15. The molecule has 2 N–H and O–H groups in total. The molecule has 0 spiro atoms. The molecule has 1 aromatic heterocycles. The Morgan fingerprint density at radius 1 is 1.67 bits per heavy atom. The van der Waals surface area contributed by atoms with Gasteiger partial charge in [-0.3, -0.25) is 10.1 Å². The number of alkyl halides is 2. The number of nitrogens with zero attached hydrogens (tertiary/aromatic N) is 1. The van der Waals surface area contributed by atoms with Gasteiger partial charge < -0.3 is 10.5 Å². The third-order valence-corrected chi connectivity index (χ3v) is 3.16. The molecule has 18 heavy (non-hydrogen) atoms. The SMILES string of the molecule is CCOC(=O)C(F)(F)[C@@H](N)c1ccc([N+](=O)[O-])s1. The van der Waals surface area contributed by atoms with Crippen LogP contribution in [-0.4, -0.2) is 23.4 Å². The highest BCUT2D eigenvalue weighted by atomic mass is 32.1. The molecule has 100 valence electrons. The van der Waals surface area contributed by atoms with E-state index in [1.54, 1.807) is 0 Å². The molecule has 0 saturated heterocycles. The average Bonchev–Trinajstić information content (AvgIpc) is 2.77. The van der Waals surface area contributed by atoms with Crippen molar-refractivity contribution in [2.45, 2.75) is 18.9 Å². The van der Waals surface area contributed by atoms with Gasteiger partial charge in [0.15, 0.2) is 0 Å². The first-order valence-electron chi connectivity index (χ1n) is 4.85. The smallest absolute Gasteiger partial charge is 0.379 e. The zero-order chi connectivity index (χ0) is 13.9. The number of rotatable bonds is 5. The summed E-state index contributed by atoms with van der Waals surface area (Å²) >= 11 is 0.500. The van der Waals surface area contributed by atoms with Crippen LogP contribution in [-0.2, 0) is 9.53 Å². The van der Waals surface area contributed by atoms with E-state index in [9.17, 15) is 23.7 Å². The third-order valence-electron chi connectivity index (χ3n) is 2.04. The number of ether oxygens (including phenoxy) is 1. The van der Waals surface area contributed by atoms with Gasteiger partial charge in [0.2, 0.25) is 0 Å². The lowest BCUT2D eigenvalue weighted by molar-refractivity contribution is -0.380. The van der Waals surface area contributed by atoms with Crippen molar-refractivity contribution in [1.82, 2.24) is 0 Å². The summed E-state index contributed by atoms with van der Waals surface area (Å²) in [5.74, 6) is -5.66. The number of carbonyl (C=O) groups is 1. The lowest BCUT2D eigenvalue weighted by Crippen LogP contribution is -2.41. The number of thiophene rings is 1. The van der Waals surface area contributed by atoms with E-state index in [0.29, 0.717) is 11.3 Å². The molecule has 9 heteroatoms. The molecule has 0 saturated carbocycles. The second-order valence-corrected chi connectivity index (χ2v) is 4.35. The van der Waals surface area contributed by atoms with Crippen molar-refractivity contribution in [3.63, 3.8) is 0 Å². The molecule has 0 bridgehead atoms. The first kappa shape index (κ1) is 14.5. The molecule has 0 radical (unpaired) electrons. The van der Waals surface area contributed by atoms with Gasteiger partial charge in [-0.15, -0.1) is 0 Å². The fourth-order valence-corrected chi connectivity index (χ4v) is 2.00. The topological polar surface area (TPSA) is 95.5 Å². The van der Waals surface area contributed by atoms with Gasteiger partial charge in [-0.2, -0.15) is 8.78 Å². The summed E-state index contributed by atoms with van der Waals surface area (Å²) in [6.45, 7) is 1.18. The molecule has 0 amide bonds. The van der Waals surface area contributed by atoms with E-state index >= 15 is 0 Å². The number of hydrogen-bond donors (Lipinski definition) is 1. The molecule has 1 aromatic rings. The quantitative estimate of drug-likeness (QED) is 0.504. The minimum Gasteiger partial charge on any atom is -0.462 e. The highest BCUT2D eigenvalue weighted by Crippen LogP contribution is 2.36. The maximum absolute atomic E-state index is 13.5. The van der Waals surface area contributed by atoms with Gasteiger partial charge in [0, 0.05) is 10.9 Å². The second kappa shape index (κ2) is 5.36. The van der Waals surface area contributed by atoms with E-state index < -0.39 is 22.9 Å². The zero-order valence-corrected chi connectivity index (χ0v) is 10.1. The van der Waals surface area contributed by atoms with Gasteiger partial charge in [-0.25, -0.2) is 4.79 Å². The van der Waals surface area contributed by atoms with E-state index in [-0.39, 0.29) is 16.5 Å². The Balaban J connectivity index is 2.94. The number of hydrogen-bond acceptors (Lipinski definition) is 6. The van der Waals surface area contributed by atoms with E-state index in [2.05, 4.69) is 4.74 Å². The predicted molar refractivity (Wildman–Crippen MR) is 59.5 cm³/mol. The van der Waals surface area contributed by atoms with Crippen molar-refractivity contribution >= 4 is 22.3 Å². The first-order valence-corrected chi connectivity index (χ1v) is 5.67. The van der Waals surface area contributed by atoms with Gasteiger partial charge >= 0.3 is 16.9 Å². The molecule has 0 fully saturated rings. The van der Waals surface area contributed by atoms with Crippen molar-refractivity contribution in [1.29, 1.82) is 0 Å². The van der Waals surface area contributed by atoms with Gasteiger partial charge in [0.05, 0.1) is 11.5 Å². The number of nitro groups is 1. The number of halogens is 2. The molecule has 1 heterocycles. The summed E-state index contributed by atoms with van der Waals surface area (Å²) in [7, 11) is 0. The zero-order valence-electron chi connectivity index (χ0n) is 9.26. The lowest BCUT2D eigenvalue weighted by atomic mass is 10.1. The molecule has 0 unspecified atom stereocenters. The van der Waals surface area contributed by atoms with Gasteiger partial charge in [0.25, 0.3) is 0 Å². The second-order valence-electron chi connectivity index (χ2n) is 3.25. The summed E-state index contributed by atoms with van der Waals surface area (Å²) in [6.07, 6.45) is 0. The monoisotopic (exact) mass is 280 g/mol. The molecule has 0 aliphatic heterocycles. The Bertz CT molecular complexity index is 463. The number of esters is 1. The van der Waals surface area contributed by atoms with Crippen LogP contribution >= 0.6 is 11.3 Å². The van der Waals surface area contributed by atoms with Crippen molar-refractivity contribution < 1.29 is 23.2 Å². The van der Waals surface area contributed by atoms with Crippen molar-refractivity contribution in [2.24, 2.45) is 5.73 Å². The van der Waals surface area contributed by atoms with Crippen LogP contribution in [0.5, 0.6) is 0 Å². The fourth-order valence-electron chi connectivity index (χ4n) is 1.14. The average molecular weight is 280 g/mol. The van der Waals surface area contributed by atoms with Crippen LogP contribution in [0.4, 0.5) is 13.8 Å².